The van der Waals surface area contributed by atoms with Crippen molar-refractivity contribution in [3.8, 4) is 0 Å². The van der Waals surface area contributed by atoms with E-state index in [-0.39, 0.29) is 0 Å². The van der Waals surface area contributed by atoms with E-state index in [0.717, 1.165) is 32.7 Å². The van der Waals surface area contributed by atoms with Gasteiger partial charge in [0.2, 0.25) is 0 Å². The number of hydrogen-bond donors (Lipinski definition) is 1. The fourth-order valence-corrected chi connectivity index (χ4v) is 2.57. The first-order chi connectivity index (χ1) is 9.26. The molecule has 0 unspecified atom stereocenters. The van der Waals surface area contributed by atoms with E-state index in [0.29, 0.717) is 0 Å². The predicted octanol–water partition coefficient (Wildman–Crippen LogP) is 2.61. The van der Waals surface area contributed by atoms with Gasteiger partial charge in [-0.25, -0.2) is 0 Å². The average molecular weight is 259 g/mol. The number of fused-ring (bicyclic) bond motifs is 1. The van der Waals surface area contributed by atoms with E-state index in [1.165, 1.54) is 16.5 Å². The monoisotopic (exact) mass is 259 g/mol. The molecule has 1 heterocycles. The molecular weight excluding hydrogens is 234 g/mol. The van der Waals surface area contributed by atoms with Gasteiger partial charge < -0.3 is 14.8 Å². The quantitative estimate of drug-likeness (QED) is 0.771. The van der Waals surface area contributed by atoms with Gasteiger partial charge in [0.1, 0.15) is 0 Å². The number of para-hydroxylation sites is 1. The minimum atomic E-state index is 0.947. The Morgan fingerprint density at radius 2 is 1.89 bits per heavy atom. The molecule has 1 aromatic carbocycles. The molecule has 19 heavy (non-hydrogen) atoms. The van der Waals surface area contributed by atoms with Crippen LogP contribution in [0, 0.1) is 0 Å². The molecule has 1 aromatic heterocycles. The summed E-state index contributed by atoms with van der Waals surface area (Å²) in [5.41, 5.74) is 2.70. The fourth-order valence-electron chi connectivity index (χ4n) is 2.57. The maximum Gasteiger partial charge on any atom is 0.0481 e. The summed E-state index contributed by atoms with van der Waals surface area (Å²) < 4.78 is 2.21. The molecular formula is C16H25N3. The molecule has 0 aliphatic rings. The number of benzene rings is 1. The lowest BCUT2D eigenvalue weighted by atomic mass is 10.2. The van der Waals surface area contributed by atoms with E-state index in [2.05, 4.69) is 66.1 Å². The Kier molecular flexibility index (Phi) is 5.00. The summed E-state index contributed by atoms with van der Waals surface area (Å²) in [7, 11) is 2.11. The highest BCUT2D eigenvalue weighted by atomic mass is 15.1. The molecule has 0 aliphatic heterocycles. The Bertz CT molecular complexity index is 512. The molecule has 0 radical (unpaired) electrons. The van der Waals surface area contributed by atoms with Crippen LogP contribution in [0.1, 0.15) is 19.4 Å². The molecule has 2 aromatic rings. The Morgan fingerprint density at radius 3 is 2.63 bits per heavy atom. The van der Waals surface area contributed by atoms with Gasteiger partial charge in [-0.1, -0.05) is 32.0 Å². The van der Waals surface area contributed by atoms with Gasteiger partial charge in [0.05, 0.1) is 0 Å². The predicted molar refractivity (Wildman–Crippen MR) is 82.4 cm³/mol. The van der Waals surface area contributed by atoms with Crippen molar-refractivity contribution in [3.05, 3.63) is 36.0 Å². The summed E-state index contributed by atoms with van der Waals surface area (Å²) in [4.78, 5) is 2.44. The lowest BCUT2D eigenvalue weighted by Gasteiger charge is -2.17. The molecule has 104 valence electrons. The summed E-state index contributed by atoms with van der Waals surface area (Å²) in [5, 5.41) is 4.91. The summed E-state index contributed by atoms with van der Waals surface area (Å²) >= 11 is 0. The van der Waals surface area contributed by atoms with E-state index in [4.69, 9.17) is 0 Å². The molecule has 0 bridgehead atoms. The highest BCUT2D eigenvalue weighted by Gasteiger charge is 2.05. The topological polar surface area (TPSA) is 20.2 Å². The van der Waals surface area contributed by atoms with Crippen LogP contribution in [0.15, 0.2) is 30.5 Å². The second-order valence-electron chi connectivity index (χ2n) is 4.99. The number of nitrogens with one attached hydrogen (secondary N) is 1. The van der Waals surface area contributed by atoms with E-state index in [1.807, 2.05) is 0 Å². The second-order valence-corrected chi connectivity index (χ2v) is 4.99. The van der Waals surface area contributed by atoms with Crippen LogP contribution >= 0.6 is 0 Å². The van der Waals surface area contributed by atoms with Gasteiger partial charge in [-0.15, -0.1) is 0 Å². The number of rotatable bonds is 7. The number of aromatic nitrogens is 1. The zero-order valence-electron chi connectivity index (χ0n) is 12.3. The summed E-state index contributed by atoms with van der Waals surface area (Å²) in [6, 6.07) is 8.59. The molecule has 0 saturated heterocycles. The SMILES string of the molecule is CCN(CC)CCNCc1cn(C)c2ccccc12. The van der Waals surface area contributed by atoms with Crippen molar-refractivity contribution in [1.82, 2.24) is 14.8 Å². The minimum absolute atomic E-state index is 0.947. The lowest BCUT2D eigenvalue weighted by Crippen LogP contribution is -2.31. The molecule has 0 spiro atoms. The zero-order valence-corrected chi connectivity index (χ0v) is 12.3. The normalized spacial score (nSPS) is 11.6. The molecule has 2 rings (SSSR count). The van der Waals surface area contributed by atoms with E-state index >= 15 is 0 Å². The van der Waals surface area contributed by atoms with Crippen molar-refractivity contribution < 1.29 is 0 Å². The average Bonchev–Trinajstić information content (AvgIpc) is 2.76. The first kappa shape index (κ1) is 14.1. The van der Waals surface area contributed by atoms with Crippen LogP contribution in [0.25, 0.3) is 10.9 Å². The van der Waals surface area contributed by atoms with Crippen LogP contribution in [-0.2, 0) is 13.6 Å². The molecule has 3 nitrogen and oxygen atoms in total. The maximum absolute atomic E-state index is 3.55. The first-order valence-corrected chi connectivity index (χ1v) is 7.22. The van der Waals surface area contributed by atoms with Crippen molar-refractivity contribution in [1.29, 1.82) is 0 Å². The third kappa shape index (κ3) is 3.37. The Morgan fingerprint density at radius 1 is 1.16 bits per heavy atom. The standard InChI is InChI=1S/C16H25N3/c1-4-19(5-2)11-10-17-12-14-13-18(3)16-9-7-6-8-15(14)16/h6-9,13,17H,4-5,10-12H2,1-3H3. The Hall–Kier alpha value is -1.32. The number of hydrogen-bond acceptors (Lipinski definition) is 2. The summed E-state index contributed by atoms with van der Waals surface area (Å²) in [6.07, 6.45) is 2.23. The van der Waals surface area contributed by atoms with Crippen molar-refractivity contribution in [3.63, 3.8) is 0 Å². The Labute approximate surface area is 116 Å². The van der Waals surface area contributed by atoms with Gasteiger partial charge in [-0.2, -0.15) is 0 Å². The van der Waals surface area contributed by atoms with Gasteiger partial charge in [0.15, 0.2) is 0 Å². The number of likely N-dealkylation sites (N-methyl/N-ethyl adjacent to an activating group) is 1. The third-order valence-electron chi connectivity index (χ3n) is 3.79. The molecule has 1 N–H and O–H groups in total. The minimum Gasteiger partial charge on any atom is -0.350 e. The van der Waals surface area contributed by atoms with Crippen molar-refractivity contribution in [2.75, 3.05) is 26.2 Å². The van der Waals surface area contributed by atoms with Crippen LogP contribution in [0.2, 0.25) is 0 Å². The summed E-state index contributed by atoms with van der Waals surface area (Å²) in [5.74, 6) is 0. The van der Waals surface area contributed by atoms with E-state index in [9.17, 15) is 0 Å². The van der Waals surface area contributed by atoms with Gasteiger partial charge in [0, 0.05) is 43.8 Å². The van der Waals surface area contributed by atoms with Crippen LogP contribution in [-0.4, -0.2) is 35.6 Å². The van der Waals surface area contributed by atoms with Crippen LogP contribution in [0.5, 0.6) is 0 Å². The number of aryl methyl sites for hydroxylation is 1. The summed E-state index contributed by atoms with van der Waals surface area (Å²) in [6.45, 7) is 9.81. The van der Waals surface area contributed by atoms with Crippen LogP contribution in [0.3, 0.4) is 0 Å². The van der Waals surface area contributed by atoms with Crippen molar-refractivity contribution in [2.24, 2.45) is 7.05 Å². The molecule has 3 heteroatoms. The van der Waals surface area contributed by atoms with Crippen molar-refractivity contribution in [2.45, 2.75) is 20.4 Å². The van der Waals surface area contributed by atoms with Gasteiger partial charge in [0.25, 0.3) is 0 Å². The van der Waals surface area contributed by atoms with Gasteiger partial charge in [-0.05, 0) is 24.7 Å². The zero-order chi connectivity index (χ0) is 13.7. The molecule has 0 amide bonds. The van der Waals surface area contributed by atoms with Crippen molar-refractivity contribution >= 4 is 10.9 Å². The molecule has 0 fully saturated rings. The number of nitrogens with zero attached hydrogens (tertiary/aromatic N) is 2. The maximum atomic E-state index is 3.55. The van der Waals surface area contributed by atoms with Crippen LogP contribution < -0.4 is 5.32 Å². The van der Waals surface area contributed by atoms with E-state index in [1.54, 1.807) is 0 Å². The molecule has 0 saturated carbocycles. The highest BCUT2D eigenvalue weighted by molar-refractivity contribution is 5.83. The van der Waals surface area contributed by atoms with Crippen LogP contribution in [0.4, 0.5) is 0 Å². The smallest absolute Gasteiger partial charge is 0.0481 e. The largest absolute Gasteiger partial charge is 0.350 e. The third-order valence-corrected chi connectivity index (χ3v) is 3.79. The fraction of sp³-hybridized carbons (Fsp3) is 0.500. The molecule has 0 atom stereocenters. The highest BCUT2D eigenvalue weighted by Crippen LogP contribution is 2.19. The van der Waals surface area contributed by atoms with Gasteiger partial charge >= 0.3 is 0 Å². The van der Waals surface area contributed by atoms with E-state index < -0.39 is 0 Å². The van der Waals surface area contributed by atoms with Gasteiger partial charge in [-0.3, -0.25) is 0 Å². The Balaban J connectivity index is 1.92. The first-order valence-electron chi connectivity index (χ1n) is 7.22. The molecule has 0 aliphatic carbocycles. The second kappa shape index (κ2) is 6.73. The lowest BCUT2D eigenvalue weighted by molar-refractivity contribution is 0.302.